The van der Waals surface area contributed by atoms with Gasteiger partial charge >= 0.3 is 0 Å². The second-order valence-corrected chi connectivity index (χ2v) is 6.21. The Morgan fingerprint density at radius 1 is 1.24 bits per heavy atom. The number of amides is 1. The van der Waals surface area contributed by atoms with Crippen LogP contribution in [-0.4, -0.2) is 13.0 Å². The monoisotopic (exact) mass is 299 g/mol. The van der Waals surface area contributed by atoms with Crippen LogP contribution in [-0.2, 0) is 17.6 Å². The van der Waals surface area contributed by atoms with Crippen molar-refractivity contribution >= 4 is 23.2 Å². The third kappa shape index (κ3) is 2.81. The van der Waals surface area contributed by atoms with Crippen molar-refractivity contribution in [2.24, 2.45) is 0 Å². The number of likely N-dealkylation sites (N-methyl/N-ethyl adjacent to an activating group) is 1. The number of alkyl halides is 1. The Bertz CT molecular complexity index is 695. The fraction of sp³-hybridized carbons (Fsp3) is 0.278. The van der Waals surface area contributed by atoms with Gasteiger partial charge in [-0.3, -0.25) is 4.79 Å². The van der Waals surface area contributed by atoms with Gasteiger partial charge in [0.15, 0.2) is 0 Å². The minimum Gasteiger partial charge on any atom is -0.315 e. The molecule has 0 bridgehead atoms. The lowest BCUT2D eigenvalue weighted by molar-refractivity contribution is -0.117. The van der Waals surface area contributed by atoms with Gasteiger partial charge in [-0.1, -0.05) is 42.0 Å². The first-order valence-electron chi connectivity index (χ1n) is 7.13. The van der Waals surface area contributed by atoms with E-state index in [9.17, 15) is 4.79 Å². The van der Waals surface area contributed by atoms with Crippen LogP contribution in [0.4, 0.5) is 5.69 Å². The number of carbonyl (C=O) groups is 1. The maximum atomic E-state index is 11.7. The van der Waals surface area contributed by atoms with Gasteiger partial charge in [0.1, 0.15) is 0 Å². The van der Waals surface area contributed by atoms with Crippen LogP contribution in [0.1, 0.15) is 27.6 Å². The quantitative estimate of drug-likeness (QED) is 0.783. The van der Waals surface area contributed by atoms with E-state index in [1.807, 2.05) is 19.2 Å². The van der Waals surface area contributed by atoms with E-state index in [-0.39, 0.29) is 11.3 Å². The van der Waals surface area contributed by atoms with E-state index in [0.717, 1.165) is 23.2 Å². The number of carbonyl (C=O) groups excluding carboxylic acids is 1. The minimum atomic E-state index is -0.0712. The molecule has 2 aromatic rings. The van der Waals surface area contributed by atoms with Crippen molar-refractivity contribution in [3.05, 3.63) is 64.7 Å². The molecule has 2 aromatic carbocycles. The summed E-state index contributed by atoms with van der Waals surface area (Å²) in [5.74, 6) is 0.145. The summed E-state index contributed by atoms with van der Waals surface area (Å²) in [5, 5.41) is -0.0712. The maximum absolute atomic E-state index is 11.7. The molecule has 0 aromatic heterocycles. The van der Waals surface area contributed by atoms with Gasteiger partial charge in [0.2, 0.25) is 5.91 Å². The zero-order valence-corrected chi connectivity index (χ0v) is 13.0. The summed E-state index contributed by atoms with van der Waals surface area (Å²) in [6.45, 7) is 2.09. The number of rotatable bonds is 3. The van der Waals surface area contributed by atoms with Gasteiger partial charge in [-0.05, 0) is 36.1 Å². The van der Waals surface area contributed by atoms with Crippen molar-refractivity contribution in [1.29, 1.82) is 0 Å². The summed E-state index contributed by atoms with van der Waals surface area (Å²) in [7, 11) is 1.82. The van der Waals surface area contributed by atoms with Gasteiger partial charge in [-0.25, -0.2) is 0 Å². The molecule has 3 heteroatoms. The molecule has 0 fully saturated rings. The number of anilines is 1. The number of aryl methyl sites for hydroxylation is 1. The molecule has 0 saturated heterocycles. The van der Waals surface area contributed by atoms with E-state index in [2.05, 4.69) is 37.3 Å². The topological polar surface area (TPSA) is 20.3 Å². The number of halogens is 1. The van der Waals surface area contributed by atoms with Crippen molar-refractivity contribution in [2.75, 3.05) is 11.9 Å². The molecule has 0 saturated carbocycles. The van der Waals surface area contributed by atoms with Gasteiger partial charge in [-0.2, -0.15) is 0 Å². The number of hydrogen-bond acceptors (Lipinski definition) is 1. The molecule has 1 unspecified atom stereocenters. The van der Waals surface area contributed by atoms with Crippen molar-refractivity contribution in [3.8, 4) is 0 Å². The first kappa shape index (κ1) is 14.2. The van der Waals surface area contributed by atoms with Crippen molar-refractivity contribution in [3.63, 3.8) is 0 Å². The molecule has 21 heavy (non-hydrogen) atoms. The van der Waals surface area contributed by atoms with E-state index in [4.69, 9.17) is 11.6 Å². The third-order valence-electron chi connectivity index (χ3n) is 4.04. The van der Waals surface area contributed by atoms with E-state index >= 15 is 0 Å². The van der Waals surface area contributed by atoms with Crippen LogP contribution in [0.2, 0.25) is 0 Å². The molecule has 1 heterocycles. The molecule has 0 radical (unpaired) electrons. The largest absolute Gasteiger partial charge is 0.315 e. The third-order valence-corrected chi connectivity index (χ3v) is 4.45. The lowest BCUT2D eigenvalue weighted by Crippen LogP contribution is -2.20. The summed E-state index contributed by atoms with van der Waals surface area (Å²) in [6, 6.07) is 14.5. The summed E-state index contributed by atoms with van der Waals surface area (Å²) in [5.41, 5.74) is 5.65. The first-order valence-corrected chi connectivity index (χ1v) is 7.57. The van der Waals surface area contributed by atoms with Crippen LogP contribution in [0.5, 0.6) is 0 Å². The Morgan fingerprint density at radius 2 is 2.05 bits per heavy atom. The van der Waals surface area contributed by atoms with E-state index in [1.165, 1.54) is 11.1 Å². The highest BCUT2D eigenvalue weighted by Gasteiger charge is 2.24. The Labute approximate surface area is 130 Å². The zero-order chi connectivity index (χ0) is 15.0. The molecule has 3 rings (SSSR count). The van der Waals surface area contributed by atoms with Crippen LogP contribution >= 0.6 is 11.6 Å². The molecular formula is C18H18ClNO. The molecule has 1 aliphatic rings. The Balaban J connectivity index is 1.81. The predicted molar refractivity (Wildman–Crippen MR) is 87.0 cm³/mol. The van der Waals surface area contributed by atoms with Crippen molar-refractivity contribution < 1.29 is 4.79 Å². The van der Waals surface area contributed by atoms with Gasteiger partial charge in [0, 0.05) is 12.7 Å². The van der Waals surface area contributed by atoms with Crippen LogP contribution in [0.15, 0.2) is 42.5 Å². The van der Waals surface area contributed by atoms with E-state index in [0.29, 0.717) is 6.42 Å². The molecule has 0 spiro atoms. The molecule has 2 nitrogen and oxygen atoms in total. The average molecular weight is 300 g/mol. The number of benzene rings is 2. The van der Waals surface area contributed by atoms with Gasteiger partial charge < -0.3 is 4.90 Å². The summed E-state index contributed by atoms with van der Waals surface area (Å²) in [6.07, 6.45) is 1.28. The highest BCUT2D eigenvalue weighted by molar-refractivity contribution is 6.21. The molecule has 1 atom stereocenters. The first-order chi connectivity index (χ1) is 10.0. The summed E-state index contributed by atoms with van der Waals surface area (Å²) in [4.78, 5) is 13.4. The van der Waals surface area contributed by atoms with E-state index < -0.39 is 0 Å². The Hall–Kier alpha value is -1.80. The van der Waals surface area contributed by atoms with Crippen molar-refractivity contribution in [1.82, 2.24) is 0 Å². The second kappa shape index (κ2) is 5.53. The minimum absolute atomic E-state index is 0.0712. The molecule has 1 amide bonds. The molecule has 0 N–H and O–H groups in total. The summed E-state index contributed by atoms with van der Waals surface area (Å²) >= 11 is 6.57. The lowest BCUT2D eigenvalue weighted by Gasteiger charge is -2.14. The predicted octanol–water partition coefficient (Wildman–Crippen LogP) is 4.04. The van der Waals surface area contributed by atoms with Gasteiger partial charge in [0.25, 0.3) is 0 Å². The number of hydrogen-bond donors (Lipinski definition) is 0. The maximum Gasteiger partial charge on any atom is 0.231 e. The second-order valence-electron chi connectivity index (χ2n) is 5.68. The fourth-order valence-electron chi connectivity index (χ4n) is 2.85. The molecule has 108 valence electrons. The van der Waals surface area contributed by atoms with Gasteiger partial charge in [-0.15, -0.1) is 11.6 Å². The van der Waals surface area contributed by atoms with Gasteiger partial charge in [0.05, 0.1) is 11.8 Å². The smallest absolute Gasteiger partial charge is 0.231 e. The van der Waals surface area contributed by atoms with Crippen LogP contribution in [0.25, 0.3) is 0 Å². The van der Waals surface area contributed by atoms with Crippen LogP contribution in [0.3, 0.4) is 0 Å². The van der Waals surface area contributed by atoms with E-state index in [1.54, 1.807) is 4.90 Å². The number of fused-ring (bicyclic) bond motifs is 1. The number of nitrogens with zero attached hydrogens (tertiary/aromatic N) is 1. The van der Waals surface area contributed by atoms with Crippen molar-refractivity contribution in [2.45, 2.75) is 25.1 Å². The Morgan fingerprint density at radius 3 is 2.81 bits per heavy atom. The Kier molecular flexibility index (Phi) is 3.73. The summed E-state index contributed by atoms with van der Waals surface area (Å²) < 4.78 is 0. The average Bonchev–Trinajstić information content (AvgIpc) is 2.73. The highest BCUT2D eigenvalue weighted by Crippen LogP contribution is 2.33. The van der Waals surface area contributed by atoms with Crippen LogP contribution < -0.4 is 4.90 Å². The SMILES string of the molecule is Cc1cccc(CC(Cl)c2ccc3c(c2)CC(=O)N3C)c1. The van der Waals surface area contributed by atoms with Crippen LogP contribution in [0, 0.1) is 6.92 Å². The lowest BCUT2D eigenvalue weighted by atomic mass is 10.00. The highest BCUT2D eigenvalue weighted by atomic mass is 35.5. The molecule has 0 aliphatic carbocycles. The zero-order valence-electron chi connectivity index (χ0n) is 12.3. The molecular weight excluding hydrogens is 282 g/mol. The normalized spacial score (nSPS) is 15.2. The molecule has 1 aliphatic heterocycles. The standard InChI is InChI=1S/C18H18ClNO/c1-12-4-3-5-13(8-12)9-16(19)14-6-7-17-15(10-14)11-18(21)20(17)2/h3-8,10,16H,9,11H2,1-2H3. The fourth-order valence-corrected chi connectivity index (χ4v) is 3.16.